The van der Waals surface area contributed by atoms with Crippen LogP contribution in [0.4, 0.5) is 0 Å². The monoisotopic (exact) mass is 266 g/mol. The van der Waals surface area contributed by atoms with Gasteiger partial charge in [-0.1, -0.05) is 54.6 Å². The number of fused-ring (bicyclic) bond motifs is 1. The van der Waals surface area contributed by atoms with E-state index in [4.69, 9.17) is 4.74 Å². The lowest BCUT2D eigenvalue weighted by Crippen LogP contribution is -2.05. The van der Waals surface area contributed by atoms with Crippen LogP contribution in [-0.2, 0) is 9.53 Å². The number of benzene rings is 2. The van der Waals surface area contributed by atoms with E-state index in [2.05, 4.69) is 18.2 Å². The van der Waals surface area contributed by atoms with Gasteiger partial charge < -0.3 is 4.74 Å². The van der Waals surface area contributed by atoms with Crippen molar-refractivity contribution < 1.29 is 9.53 Å². The van der Waals surface area contributed by atoms with E-state index in [1.54, 1.807) is 19.1 Å². The summed E-state index contributed by atoms with van der Waals surface area (Å²) in [6, 6.07) is 14.3. The van der Waals surface area contributed by atoms with E-state index in [1.165, 1.54) is 10.8 Å². The van der Waals surface area contributed by atoms with Gasteiger partial charge >= 0.3 is 5.97 Å². The highest BCUT2D eigenvalue weighted by molar-refractivity contribution is 5.95. The number of allylic oxidation sites excluding steroid dienone is 1. The molecule has 0 aliphatic carbocycles. The second-order valence-corrected chi connectivity index (χ2v) is 4.37. The first-order valence-electron chi connectivity index (χ1n) is 6.75. The number of esters is 1. The number of rotatable bonds is 4. The van der Waals surface area contributed by atoms with Gasteiger partial charge in [-0.3, -0.25) is 0 Å². The predicted molar refractivity (Wildman–Crippen MR) is 83.4 cm³/mol. The molecule has 0 spiro atoms. The average Bonchev–Trinajstić information content (AvgIpc) is 2.48. The van der Waals surface area contributed by atoms with Crippen molar-refractivity contribution in [3.8, 4) is 0 Å². The molecule has 2 nitrogen and oxygen atoms in total. The molecule has 0 atom stereocenters. The Morgan fingerprint density at radius 2 is 1.90 bits per heavy atom. The molecule has 20 heavy (non-hydrogen) atoms. The maximum absolute atomic E-state index is 11.7. The number of ether oxygens (including phenoxy) is 1. The van der Waals surface area contributed by atoms with E-state index < -0.39 is 0 Å². The smallest absolute Gasteiger partial charge is 0.337 e. The SMILES string of the molecule is C/C=C(\C=C\c1cccc2ccccc12)C(=O)OCC. The summed E-state index contributed by atoms with van der Waals surface area (Å²) in [6.45, 7) is 4.03. The number of carbonyl (C=O) groups excluding carboxylic acids is 1. The molecule has 2 aromatic rings. The molecule has 0 saturated carbocycles. The molecule has 0 amide bonds. The molecule has 0 N–H and O–H groups in total. The fraction of sp³-hybridized carbons (Fsp3) is 0.167. The Labute approximate surface area is 119 Å². The minimum Gasteiger partial charge on any atom is -0.462 e. The van der Waals surface area contributed by atoms with Gasteiger partial charge in [-0.05, 0) is 36.3 Å². The second-order valence-electron chi connectivity index (χ2n) is 4.37. The number of hydrogen-bond acceptors (Lipinski definition) is 2. The van der Waals surface area contributed by atoms with Gasteiger partial charge in [-0.15, -0.1) is 0 Å². The van der Waals surface area contributed by atoms with Crippen LogP contribution in [-0.4, -0.2) is 12.6 Å². The highest BCUT2D eigenvalue weighted by Crippen LogP contribution is 2.20. The van der Waals surface area contributed by atoms with Crippen molar-refractivity contribution in [1.82, 2.24) is 0 Å². The van der Waals surface area contributed by atoms with Crippen LogP contribution in [0.5, 0.6) is 0 Å². The van der Waals surface area contributed by atoms with Crippen LogP contribution in [0, 0.1) is 0 Å². The van der Waals surface area contributed by atoms with Crippen molar-refractivity contribution in [2.24, 2.45) is 0 Å². The van der Waals surface area contributed by atoms with Crippen LogP contribution < -0.4 is 0 Å². The fourth-order valence-electron chi connectivity index (χ4n) is 2.07. The van der Waals surface area contributed by atoms with Crippen LogP contribution in [0.15, 0.2) is 60.2 Å². The van der Waals surface area contributed by atoms with Gasteiger partial charge in [0.05, 0.1) is 12.2 Å². The summed E-state index contributed by atoms with van der Waals surface area (Å²) in [5.74, 6) is -0.286. The quantitative estimate of drug-likeness (QED) is 0.467. The van der Waals surface area contributed by atoms with Gasteiger partial charge in [0.15, 0.2) is 0 Å². The van der Waals surface area contributed by atoms with Crippen molar-refractivity contribution in [1.29, 1.82) is 0 Å². The van der Waals surface area contributed by atoms with E-state index in [-0.39, 0.29) is 5.97 Å². The van der Waals surface area contributed by atoms with Crippen molar-refractivity contribution in [3.05, 3.63) is 65.8 Å². The Kier molecular flexibility index (Phi) is 4.72. The lowest BCUT2D eigenvalue weighted by molar-refractivity contribution is -0.138. The first-order chi connectivity index (χ1) is 9.76. The molecule has 0 aliphatic rings. The van der Waals surface area contributed by atoms with E-state index in [0.29, 0.717) is 12.2 Å². The molecule has 0 unspecified atom stereocenters. The van der Waals surface area contributed by atoms with Gasteiger partial charge in [0.1, 0.15) is 0 Å². The number of carbonyl (C=O) groups is 1. The highest BCUT2D eigenvalue weighted by atomic mass is 16.5. The largest absolute Gasteiger partial charge is 0.462 e. The zero-order valence-electron chi connectivity index (χ0n) is 11.8. The molecule has 0 fully saturated rings. The van der Waals surface area contributed by atoms with Crippen LogP contribution in [0.25, 0.3) is 16.8 Å². The third kappa shape index (κ3) is 3.15. The molecule has 0 aromatic heterocycles. The zero-order chi connectivity index (χ0) is 14.4. The molecular formula is C18H18O2. The van der Waals surface area contributed by atoms with E-state index >= 15 is 0 Å². The van der Waals surface area contributed by atoms with Crippen LogP contribution in [0.1, 0.15) is 19.4 Å². The van der Waals surface area contributed by atoms with E-state index in [0.717, 1.165) is 5.56 Å². The Morgan fingerprint density at radius 1 is 1.15 bits per heavy atom. The van der Waals surface area contributed by atoms with Gasteiger partial charge in [0, 0.05) is 0 Å². The van der Waals surface area contributed by atoms with Crippen LogP contribution >= 0.6 is 0 Å². The Balaban J connectivity index is 2.32. The summed E-state index contributed by atoms with van der Waals surface area (Å²) in [5.41, 5.74) is 1.66. The molecule has 2 rings (SSSR count). The highest BCUT2D eigenvalue weighted by Gasteiger charge is 2.05. The molecule has 0 radical (unpaired) electrons. The van der Waals surface area contributed by atoms with Crippen molar-refractivity contribution in [2.75, 3.05) is 6.61 Å². The van der Waals surface area contributed by atoms with Crippen molar-refractivity contribution >= 4 is 22.8 Å². The summed E-state index contributed by atoms with van der Waals surface area (Å²) in [6.07, 6.45) is 5.52. The topological polar surface area (TPSA) is 26.3 Å². The first kappa shape index (κ1) is 14.1. The minimum atomic E-state index is -0.286. The van der Waals surface area contributed by atoms with Gasteiger partial charge in [0.25, 0.3) is 0 Å². The molecule has 2 heteroatoms. The van der Waals surface area contributed by atoms with Crippen molar-refractivity contribution in [2.45, 2.75) is 13.8 Å². The fourth-order valence-corrected chi connectivity index (χ4v) is 2.07. The molecule has 0 saturated heterocycles. The molecule has 2 aromatic carbocycles. The van der Waals surface area contributed by atoms with E-state index in [1.807, 2.05) is 37.3 Å². The average molecular weight is 266 g/mol. The Hall–Kier alpha value is -2.35. The predicted octanol–water partition coefficient (Wildman–Crippen LogP) is 4.36. The first-order valence-corrected chi connectivity index (χ1v) is 6.75. The van der Waals surface area contributed by atoms with Gasteiger partial charge in [0.2, 0.25) is 0 Å². The summed E-state index contributed by atoms with van der Waals surface area (Å²) in [7, 11) is 0. The zero-order valence-corrected chi connectivity index (χ0v) is 11.8. The molecular weight excluding hydrogens is 248 g/mol. The third-order valence-corrected chi connectivity index (χ3v) is 3.09. The van der Waals surface area contributed by atoms with Crippen LogP contribution in [0.2, 0.25) is 0 Å². The lowest BCUT2D eigenvalue weighted by Gasteiger charge is -2.03. The number of hydrogen-bond donors (Lipinski definition) is 0. The molecule has 0 heterocycles. The van der Waals surface area contributed by atoms with Gasteiger partial charge in [-0.25, -0.2) is 4.79 Å². The summed E-state index contributed by atoms with van der Waals surface area (Å²) in [5, 5.41) is 2.36. The summed E-state index contributed by atoms with van der Waals surface area (Å²) < 4.78 is 5.01. The van der Waals surface area contributed by atoms with Crippen molar-refractivity contribution in [3.63, 3.8) is 0 Å². The van der Waals surface area contributed by atoms with Gasteiger partial charge in [-0.2, -0.15) is 0 Å². The Morgan fingerprint density at radius 3 is 2.65 bits per heavy atom. The molecule has 0 aliphatic heterocycles. The van der Waals surface area contributed by atoms with Crippen LogP contribution in [0.3, 0.4) is 0 Å². The Bertz CT molecular complexity index is 661. The summed E-state index contributed by atoms with van der Waals surface area (Å²) >= 11 is 0. The normalized spacial score (nSPS) is 12.0. The standard InChI is InChI=1S/C18H18O2/c1-3-14(18(19)20-4-2)12-13-16-10-7-9-15-8-5-6-11-17(15)16/h3,5-13H,4H2,1-2H3/b13-12+,14-3+. The third-order valence-electron chi connectivity index (χ3n) is 3.09. The second kappa shape index (κ2) is 6.71. The lowest BCUT2D eigenvalue weighted by atomic mass is 10.0. The molecule has 102 valence electrons. The maximum Gasteiger partial charge on any atom is 0.337 e. The molecule has 0 bridgehead atoms. The maximum atomic E-state index is 11.7. The minimum absolute atomic E-state index is 0.286. The summed E-state index contributed by atoms with van der Waals surface area (Å²) in [4.78, 5) is 11.7. The van der Waals surface area contributed by atoms with E-state index in [9.17, 15) is 4.79 Å².